The SMILES string of the molecule is OCCO[C@@H]1CC/C=C/CCC1. The predicted molar refractivity (Wildman–Crippen MR) is 49.1 cm³/mol. The van der Waals surface area contributed by atoms with Gasteiger partial charge in [-0.2, -0.15) is 0 Å². The van der Waals surface area contributed by atoms with Crippen LogP contribution in [0.2, 0.25) is 0 Å². The molecule has 70 valence electrons. The molecule has 0 aromatic rings. The van der Waals surface area contributed by atoms with Gasteiger partial charge in [0, 0.05) is 0 Å². The van der Waals surface area contributed by atoms with E-state index in [1.165, 1.54) is 12.8 Å². The van der Waals surface area contributed by atoms with Gasteiger partial charge in [-0.15, -0.1) is 0 Å². The zero-order valence-electron chi connectivity index (χ0n) is 7.54. The highest BCUT2D eigenvalue weighted by Crippen LogP contribution is 2.14. The van der Waals surface area contributed by atoms with E-state index in [1.54, 1.807) is 0 Å². The van der Waals surface area contributed by atoms with Crippen LogP contribution >= 0.6 is 0 Å². The van der Waals surface area contributed by atoms with E-state index >= 15 is 0 Å². The lowest BCUT2D eigenvalue weighted by Gasteiger charge is -2.17. The Morgan fingerprint density at radius 1 is 1.25 bits per heavy atom. The third-order valence-electron chi connectivity index (χ3n) is 2.16. The summed E-state index contributed by atoms with van der Waals surface area (Å²) in [6.07, 6.45) is 10.6. The van der Waals surface area contributed by atoms with Crippen LogP contribution in [0.15, 0.2) is 12.2 Å². The number of hydrogen-bond acceptors (Lipinski definition) is 2. The Bertz CT molecular complexity index is 132. The maximum Gasteiger partial charge on any atom is 0.0701 e. The second-order valence-corrected chi connectivity index (χ2v) is 3.20. The van der Waals surface area contributed by atoms with Crippen molar-refractivity contribution in [2.24, 2.45) is 0 Å². The topological polar surface area (TPSA) is 29.5 Å². The number of rotatable bonds is 3. The normalized spacial score (nSPS) is 27.6. The van der Waals surface area contributed by atoms with Gasteiger partial charge in [-0.1, -0.05) is 12.2 Å². The van der Waals surface area contributed by atoms with E-state index in [4.69, 9.17) is 9.84 Å². The lowest BCUT2D eigenvalue weighted by Crippen LogP contribution is -2.15. The van der Waals surface area contributed by atoms with E-state index in [0.717, 1.165) is 19.3 Å². The van der Waals surface area contributed by atoms with Gasteiger partial charge in [0.05, 0.1) is 19.3 Å². The smallest absolute Gasteiger partial charge is 0.0701 e. The van der Waals surface area contributed by atoms with Crippen LogP contribution in [-0.2, 0) is 4.74 Å². The first kappa shape index (κ1) is 9.75. The third kappa shape index (κ3) is 3.88. The molecule has 1 N–H and O–H groups in total. The van der Waals surface area contributed by atoms with Crippen LogP contribution in [0.4, 0.5) is 0 Å². The van der Waals surface area contributed by atoms with Gasteiger partial charge >= 0.3 is 0 Å². The molecule has 1 atom stereocenters. The van der Waals surface area contributed by atoms with Gasteiger partial charge in [-0.3, -0.25) is 0 Å². The average Bonchev–Trinajstić information content (AvgIpc) is 2.02. The van der Waals surface area contributed by atoms with Crippen molar-refractivity contribution in [3.63, 3.8) is 0 Å². The molecule has 0 radical (unpaired) electrons. The molecule has 0 spiro atoms. The molecule has 0 saturated heterocycles. The predicted octanol–water partition coefficient (Wildman–Crippen LogP) is 1.88. The van der Waals surface area contributed by atoms with Crippen LogP contribution in [0.1, 0.15) is 32.1 Å². The molecular formula is C10H18O2. The van der Waals surface area contributed by atoms with Gasteiger partial charge in [-0.25, -0.2) is 0 Å². The Balaban J connectivity index is 2.18. The summed E-state index contributed by atoms with van der Waals surface area (Å²) in [6.45, 7) is 0.640. The molecule has 0 saturated carbocycles. The Hall–Kier alpha value is -0.340. The van der Waals surface area contributed by atoms with Crippen LogP contribution in [0, 0.1) is 0 Å². The Labute approximate surface area is 74.2 Å². The van der Waals surface area contributed by atoms with Gasteiger partial charge in [0.1, 0.15) is 0 Å². The molecule has 0 fully saturated rings. The molecule has 1 aliphatic rings. The number of hydrogen-bond donors (Lipinski definition) is 1. The molecule has 2 nitrogen and oxygen atoms in total. The molecule has 12 heavy (non-hydrogen) atoms. The summed E-state index contributed by atoms with van der Waals surface area (Å²) in [5, 5.41) is 8.58. The average molecular weight is 170 g/mol. The molecule has 0 unspecified atom stereocenters. The van der Waals surface area contributed by atoms with Crippen molar-refractivity contribution in [2.75, 3.05) is 13.2 Å². The molecule has 0 aromatic carbocycles. The summed E-state index contributed by atoms with van der Waals surface area (Å²) < 4.78 is 5.48. The highest BCUT2D eigenvalue weighted by molar-refractivity contribution is 4.85. The Morgan fingerprint density at radius 3 is 2.92 bits per heavy atom. The van der Waals surface area contributed by atoms with Crippen molar-refractivity contribution in [1.82, 2.24) is 0 Å². The fraction of sp³-hybridized carbons (Fsp3) is 0.800. The molecule has 0 aliphatic heterocycles. The molecule has 1 aliphatic carbocycles. The van der Waals surface area contributed by atoms with Gasteiger partial charge in [-0.05, 0) is 32.1 Å². The second-order valence-electron chi connectivity index (χ2n) is 3.20. The monoisotopic (exact) mass is 170 g/mol. The zero-order chi connectivity index (χ0) is 8.65. The number of aliphatic hydroxyl groups excluding tert-OH is 1. The summed E-state index contributed by atoms with van der Waals surface area (Å²) in [5.74, 6) is 0. The number of aliphatic hydroxyl groups is 1. The minimum Gasteiger partial charge on any atom is -0.394 e. The van der Waals surface area contributed by atoms with Crippen molar-refractivity contribution < 1.29 is 9.84 Å². The van der Waals surface area contributed by atoms with Crippen molar-refractivity contribution in [1.29, 1.82) is 0 Å². The summed E-state index contributed by atoms with van der Waals surface area (Å²) in [7, 11) is 0. The van der Waals surface area contributed by atoms with Crippen molar-refractivity contribution in [3.05, 3.63) is 12.2 Å². The molecular weight excluding hydrogens is 152 g/mol. The number of allylic oxidation sites excluding steroid dienone is 2. The zero-order valence-corrected chi connectivity index (χ0v) is 7.54. The van der Waals surface area contributed by atoms with Gasteiger partial charge in [0.15, 0.2) is 0 Å². The molecule has 0 aromatic heterocycles. The fourth-order valence-electron chi connectivity index (χ4n) is 1.51. The molecule has 0 bridgehead atoms. The Kier molecular flexibility index (Phi) is 5.04. The molecule has 2 heteroatoms. The lowest BCUT2D eigenvalue weighted by atomic mass is 10.0. The Morgan fingerprint density at radius 2 is 2.08 bits per heavy atom. The minimum absolute atomic E-state index is 0.145. The van der Waals surface area contributed by atoms with Crippen LogP contribution < -0.4 is 0 Å². The molecule has 0 heterocycles. The summed E-state index contributed by atoms with van der Waals surface area (Å²) >= 11 is 0. The van der Waals surface area contributed by atoms with E-state index in [9.17, 15) is 0 Å². The van der Waals surface area contributed by atoms with Crippen molar-refractivity contribution >= 4 is 0 Å². The first-order valence-electron chi connectivity index (χ1n) is 4.81. The summed E-state index contributed by atoms with van der Waals surface area (Å²) in [5.41, 5.74) is 0. The van der Waals surface area contributed by atoms with E-state index < -0.39 is 0 Å². The van der Waals surface area contributed by atoms with Gasteiger partial charge < -0.3 is 9.84 Å². The maximum atomic E-state index is 8.58. The highest BCUT2D eigenvalue weighted by atomic mass is 16.5. The lowest BCUT2D eigenvalue weighted by molar-refractivity contribution is 0.0186. The second kappa shape index (κ2) is 6.21. The summed E-state index contributed by atoms with van der Waals surface area (Å²) in [6, 6.07) is 0. The quantitative estimate of drug-likeness (QED) is 0.655. The third-order valence-corrected chi connectivity index (χ3v) is 2.16. The van der Waals surface area contributed by atoms with E-state index in [1.807, 2.05) is 0 Å². The van der Waals surface area contributed by atoms with Crippen LogP contribution in [0.3, 0.4) is 0 Å². The first-order chi connectivity index (χ1) is 5.93. The van der Waals surface area contributed by atoms with Crippen LogP contribution in [0.25, 0.3) is 0 Å². The van der Waals surface area contributed by atoms with E-state index in [0.29, 0.717) is 12.7 Å². The molecule has 1 rings (SSSR count). The first-order valence-corrected chi connectivity index (χ1v) is 4.81. The van der Waals surface area contributed by atoms with Crippen molar-refractivity contribution in [2.45, 2.75) is 38.2 Å². The van der Waals surface area contributed by atoms with E-state index in [-0.39, 0.29) is 6.61 Å². The van der Waals surface area contributed by atoms with Gasteiger partial charge in [0.2, 0.25) is 0 Å². The summed E-state index contributed by atoms with van der Waals surface area (Å²) in [4.78, 5) is 0. The maximum absolute atomic E-state index is 8.58. The van der Waals surface area contributed by atoms with E-state index in [2.05, 4.69) is 12.2 Å². The van der Waals surface area contributed by atoms with Gasteiger partial charge in [0.25, 0.3) is 0 Å². The minimum atomic E-state index is 0.145. The van der Waals surface area contributed by atoms with Crippen molar-refractivity contribution in [3.8, 4) is 0 Å². The van der Waals surface area contributed by atoms with Crippen LogP contribution in [-0.4, -0.2) is 24.4 Å². The fourth-order valence-corrected chi connectivity index (χ4v) is 1.51. The number of ether oxygens (including phenoxy) is 1. The largest absolute Gasteiger partial charge is 0.394 e. The standard InChI is InChI=1S/C10H18O2/c11-8-9-12-10-6-4-2-1-3-5-7-10/h1-2,10-11H,3-9H2/b2-1+/t10-/m1/s1. The highest BCUT2D eigenvalue weighted by Gasteiger charge is 2.08. The molecule has 0 amide bonds. The van der Waals surface area contributed by atoms with Crippen LogP contribution in [0.5, 0.6) is 0 Å².